The molecule has 0 aliphatic heterocycles. The van der Waals surface area contributed by atoms with Crippen molar-refractivity contribution in [1.82, 2.24) is 0 Å². The number of rotatable bonds is 4. The zero-order valence-electron chi connectivity index (χ0n) is 10.8. The summed E-state index contributed by atoms with van der Waals surface area (Å²) in [4.78, 5) is 0. The van der Waals surface area contributed by atoms with Crippen LogP contribution in [0.5, 0.6) is 5.75 Å². The Kier molecular flexibility index (Phi) is 3.69. The van der Waals surface area contributed by atoms with Gasteiger partial charge in [0.1, 0.15) is 12.8 Å². The molecule has 1 atom stereocenters. The molecule has 2 aromatic rings. The minimum Gasteiger partial charge on any atom is -0.425 e. The first-order valence-electron chi connectivity index (χ1n) is 5.82. The van der Waals surface area contributed by atoms with Crippen LogP contribution in [-0.4, -0.2) is 13.3 Å². The Morgan fingerprint density at radius 3 is 2.83 bits per heavy atom. The molecule has 0 radical (unpaired) electrons. The third-order valence-electron chi connectivity index (χ3n) is 2.60. The van der Waals surface area contributed by atoms with Crippen molar-refractivity contribution in [1.29, 1.82) is 0 Å². The van der Waals surface area contributed by atoms with E-state index >= 15 is 0 Å². The van der Waals surface area contributed by atoms with Crippen LogP contribution in [0.4, 0.5) is 0 Å². The first-order chi connectivity index (χ1) is 8.52. The van der Waals surface area contributed by atoms with Crippen LogP contribution >= 0.6 is 7.60 Å². The Morgan fingerprint density at radius 2 is 2.11 bits per heavy atom. The van der Waals surface area contributed by atoms with Gasteiger partial charge in [0.15, 0.2) is 6.20 Å². The van der Waals surface area contributed by atoms with E-state index in [2.05, 4.69) is 0 Å². The van der Waals surface area contributed by atoms with E-state index in [1.165, 1.54) is 6.66 Å². The molecule has 0 N–H and O–H groups in total. The highest BCUT2D eigenvalue weighted by Crippen LogP contribution is 2.44. The Hall–Kier alpha value is -1.38. The fraction of sp³-hybridized carbons (Fsp3) is 0.308. The Labute approximate surface area is 107 Å². The largest absolute Gasteiger partial charge is 0.425 e. The minimum atomic E-state index is -3.01. The summed E-state index contributed by atoms with van der Waals surface area (Å²) >= 11 is 0. The molecule has 1 heterocycles. The first kappa shape index (κ1) is 13.1. The minimum absolute atomic E-state index is 0.371. The molecule has 0 fully saturated rings. The van der Waals surface area contributed by atoms with Crippen molar-refractivity contribution in [2.75, 3.05) is 13.3 Å². The van der Waals surface area contributed by atoms with Gasteiger partial charge in [-0.15, -0.1) is 0 Å². The van der Waals surface area contributed by atoms with Crippen molar-refractivity contribution in [3.05, 3.63) is 36.5 Å². The summed E-state index contributed by atoms with van der Waals surface area (Å²) in [5.41, 5.74) is 1.09. The van der Waals surface area contributed by atoms with Crippen LogP contribution in [0, 0.1) is 0 Å². The lowest BCUT2D eigenvalue weighted by atomic mass is 10.2. The van der Waals surface area contributed by atoms with Gasteiger partial charge in [-0.25, -0.2) is 9.13 Å². The zero-order chi connectivity index (χ0) is 13.2. The van der Waals surface area contributed by atoms with Gasteiger partial charge < -0.3 is 9.05 Å². The maximum atomic E-state index is 11.9. The number of aromatic nitrogens is 1. The predicted molar refractivity (Wildman–Crippen MR) is 70.9 cm³/mol. The van der Waals surface area contributed by atoms with E-state index in [0.29, 0.717) is 12.4 Å². The summed E-state index contributed by atoms with van der Waals surface area (Å²) in [6, 6.07) is 9.56. The summed E-state index contributed by atoms with van der Waals surface area (Å²) < 4.78 is 24.5. The lowest BCUT2D eigenvalue weighted by molar-refractivity contribution is -0.644. The van der Waals surface area contributed by atoms with Gasteiger partial charge in [0.05, 0.1) is 12.0 Å². The fourth-order valence-electron chi connectivity index (χ4n) is 1.85. The number of aryl methyl sites for hydroxylation is 1. The highest BCUT2D eigenvalue weighted by molar-refractivity contribution is 7.53. The normalized spacial score (nSPS) is 14.4. The standard InChI is InChI=1S/C13H17NO3P/c1-4-16-18(3,15)17-12-7-8-13-11(10-12)6-5-9-14(13)2/h5-10H,4H2,1-3H3/q+1. The molecule has 0 saturated carbocycles. The third-order valence-corrected chi connectivity index (χ3v) is 3.87. The van der Waals surface area contributed by atoms with Crippen molar-refractivity contribution in [2.24, 2.45) is 7.05 Å². The predicted octanol–water partition coefficient (Wildman–Crippen LogP) is 2.90. The molecule has 0 aliphatic carbocycles. The molecular weight excluding hydrogens is 249 g/mol. The topological polar surface area (TPSA) is 39.4 Å². The van der Waals surface area contributed by atoms with E-state index in [1.807, 2.05) is 42.1 Å². The summed E-state index contributed by atoms with van der Waals surface area (Å²) in [6.07, 6.45) is 1.98. The van der Waals surface area contributed by atoms with Crippen LogP contribution in [0.1, 0.15) is 6.92 Å². The second kappa shape index (κ2) is 5.09. The Balaban J connectivity index is 2.34. The van der Waals surface area contributed by atoms with E-state index < -0.39 is 7.60 Å². The Bertz CT molecular complexity index is 612. The molecular formula is C13H17NO3P+. The highest BCUT2D eigenvalue weighted by atomic mass is 31.2. The molecule has 96 valence electrons. The maximum Gasteiger partial charge on any atom is 0.376 e. The molecule has 1 aromatic carbocycles. The van der Waals surface area contributed by atoms with Gasteiger partial charge in [0.25, 0.3) is 0 Å². The van der Waals surface area contributed by atoms with Gasteiger partial charge in [-0.05, 0) is 25.1 Å². The number of nitrogens with zero attached hydrogens (tertiary/aromatic N) is 1. The van der Waals surface area contributed by atoms with Crippen LogP contribution in [0.15, 0.2) is 36.5 Å². The molecule has 18 heavy (non-hydrogen) atoms. The lowest BCUT2D eigenvalue weighted by Gasteiger charge is -2.14. The zero-order valence-corrected chi connectivity index (χ0v) is 11.7. The van der Waals surface area contributed by atoms with Crippen LogP contribution in [0.25, 0.3) is 10.9 Å². The molecule has 0 aliphatic rings. The van der Waals surface area contributed by atoms with Crippen molar-refractivity contribution < 1.29 is 18.2 Å². The number of benzene rings is 1. The number of fused-ring (bicyclic) bond motifs is 1. The average molecular weight is 266 g/mol. The van der Waals surface area contributed by atoms with Crippen LogP contribution in [-0.2, 0) is 16.1 Å². The monoisotopic (exact) mass is 266 g/mol. The van der Waals surface area contributed by atoms with E-state index in [9.17, 15) is 4.57 Å². The van der Waals surface area contributed by atoms with Crippen LogP contribution < -0.4 is 9.09 Å². The van der Waals surface area contributed by atoms with Crippen LogP contribution in [0.3, 0.4) is 0 Å². The maximum absolute atomic E-state index is 11.9. The van der Waals surface area contributed by atoms with E-state index in [1.54, 1.807) is 13.0 Å². The molecule has 4 nitrogen and oxygen atoms in total. The second-order valence-electron chi connectivity index (χ2n) is 4.12. The molecule has 2 rings (SSSR count). The van der Waals surface area contributed by atoms with E-state index in [4.69, 9.17) is 9.05 Å². The summed E-state index contributed by atoms with van der Waals surface area (Å²) in [6.45, 7) is 3.64. The molecule has 1 aromatic heterocycles. The third kappa shape index (κ3) is 2.89. The van der Waals surface area contributed by atoms with Gasteiger partial charge in [0, 0.05) is 18.8 Å². The van der Waals surface area contributed by atoms with Crippen molar-refractivity contribution in [3.8, 4) is 5.75 Å². The number of pyridine rings is 1. The fourth-order valence-corrected chi connectivity index (χ4v) is 2.87. The Morgan fingerprint density at radius 1 is 1.33 bits per heavy atom. The molecule has 0 spiro atoms. The molecule has 0 bridgehead atoms. The second-order valence-corrected chi connectivity index (χ2v) is 6.10. The van der Waals surface area contributed by atoms with E-state index in [-0.39, 0.29) is 0 Å². The SMILES string of the molecule is CCOP(C)(=O)Oc1ccc2c(ccc[n+]2C)c1. The van der Waals surface area contributed by atoms with Gasteiger partial charge in [-0.1, -0.05) is 0 Å². The summed E-state index contributed by atoms with van der Waals surface area (Å²) in [5.74, 6) is 0.563. The number of hydrogen-bond acceptors (Lipinski definition) is 3. The molecule has 0 amide bonds. The average Bonchev–Trinajstić information content (AvgIpc) is 2.28. The molecule has 1 unspecified atom stereocenters. The van der Waals surface area contributed by atoms with Gasteiger partial charge in [-0.3, -0.25) is 0 Å². The first-order valence-corrected chi connectivity index (χ1v) is 7.81. The molecule has 0 saturated heterocycles. The molecule has 5 heteroatoms. The van der Waals surface area contributed by atoms with E-state index in [0.717, 1.165) is 10.9 Å². The van der Waals surface area contributed by atoms with Crippen molar-refractivity contribution in [2.45, 2.75) is 6.92 Å². The smallest absolute Gasteiger partial charge is 0.376 e. The highest BCUT2D eigenvalue weighted by Gasteiger charge is 2.18. The number of hydrogen-bond donors (Lipinski definition) is 0. The van der Waals surface area contributed by atoms with Crippen LogP contribution in [0.2, 0.25) is 0 Å². The summed E-state index contributed by atoms with van der Waals surface area (Å²) in [7, 11) is -1.03. The quantitative estimate of drug-likeness (QED) is 0.631. The van der Waals surface area contributed by atoms with Gasteiger partial charge >= 0.3 is 7.60 Å². The van der Waals surface area contributed by atoms with Crippen molar-refractivity contribution >= 4 is 18.5 Å². The van der Waals surface area contributed by atoms with Gasteiger partial charge in [0.2, 0.25) is 5.52 Å². The van der Waals surface area contributed by atoms with Gasteiger partial charge in [-0.2, -0.15) is 0 Å². The van der Waals surface area contributed by atoms with Crippen molar-refractivity contribution in [3.63, 3.8) is 0 Å². The summed E-state index contributed by atoms with van der Waals surface area (Å²) in [5, 5.41) is 1.04. The lowest BCUT2D eigenvalue weighted by Crippen LogP contribution is -2.27.